The number of hydrazine groups is 1. The van der Waals surface area contributed by atoms with Gasteiger partial charge in [-0.25, -0.2) is 0 Å². The standard InChI is InChI=1S/C15H17BrN2S/c16-14-7-6-12(19-14)10-13(18-17)15(8-9-15)11-4-2-1-3-5-11/h1-7,13,18H,8-10,17H2. The second-order valence-electron chi connectivity index (χ2n) is 5.15. The van der Waals surface area contributed by atoms with Crippen LogP contribution in [-0.2, 0) is 11.8 Å². The van der Waals surface area contributed by atoms with E-state index in [4.69, 9.17) is 5.84 Å². The highest BCUT2D eigenvalue weighted by Gasteiger charge is 2.50. The van der Waals surface area contributed by atoms with Crippen molar-refractivity contribution < 1.29 is 0 Å². The number of nitrogens with one attached hydrogen (secondary N) is 1. The van der Waals surface area contributed by atoms with E-state index in [2.05, 4.69) is 63.8 Å². The first-order valence-corrected chi connectivity index (χ1v) is 8.11. The maximum absolute atomic E-state index is 5.83. The molecule has 1 fully saturated rings. The van der Waals surface area contributed by atoms with Gasteiger partial charge >= 0.3 is 0 Å². The number of nitrogens with two attached hydrogens (primary N) is 1. The van der Waals surface area contributed by atoms with Gasteiger partial charge in [-0.05, 0) is 52.9 Å². The van der Waals surface area contributed by atoms with Crippen LogP contribution in [0, 0.1) is 0 Å². The maximum Gasteiger partial charge on any atom is 0.0701 e. The third-order valence-electron chi connectivity index (χ3n) is 4.04. The van der Waals surface area contributed by atoms with Crippen molar-refractivity contribution in [2.24, 2.45) is 5.84 Å². The molecule has 1 heterocycles. The van der Waals surface area contributed by atoms with Crippen molar-refractivity contribution in [1.29, 1.82) is 0 Å². The SMILES string of the molecule is NNC(Cc1ccc(Br)s1)C1(c2ccccc2)CC1. The van der Waals surface area contributed by atoms with Crippen LogP contribution in [-0.4, -0.2) is 6.04 Å². The average molecular weight is 337 g/mol. The molecule has 100 valence electrons. The highest BCUT2D eigenvalue weighted by Crippen LogP contribution is 2.51. The van der Waals surface area contributed by atoms with Crippen molar-refractivity contribution in [3.8, 4) is 0 Å². The van der Waals surface area contributed by atoms with Gasteiger partial charge in [0.05, 0.1) is 3.79 Å². The summed E-state index contributed by atoms with van der Waals surface area (Å²) in [5, 5.41) is 0. The number of hydrogen-bond acceptors (Lipinski definition) is 3. The largest absolute Gasteiger partial charge is 0.271 e. The Bertz CT molecular complexity index is 548. The first-order valence-electron chi connectivity index (χ1n) is 6.50. The average Bonchev–Trinajstić information content (AvgIpc) is 3.15. The maximum atomic E-state index is 5.83. The molecule has 1 unspecified atom stereocenters. The van der Waals surface area contributed by atoms with Crippen molar-refractivity contribution in [2.75, 3.05) is 0 Å². The van der Waals surface area contributed by atoms with Crippen LogP contribution in [0.2, 0.25) is 0 Å². The molecule has 3 rings (SSSR count). The van der Waals surface area contributed by atoms with Gasteiger partial charge in [-0.15, -0.1) is 11.3 Å². The van der Waals surface area contributed by atoms with Crippen molar-refractivity contribution in [3.63, 3.8) is 0 Å². The van der Waals surface area contributed by atoms with Gasteiger partial charge in [-0.3, -0.25) is 11.3 Å². The summed E-state index contributed by atoms with van der Waals surface area (Å²) >= 11 is 5.31. The Labute approximate surface area is 126 Å². The van der Waals surface area contributed by atoms with Crippen LogP contribution in [0.1, 0.15) is 23.3 Å². The summed E-state index contributed by atoms with van der Waals surface area (Å²) in [4.78, 5) is 1.37. The van der Waals surface area contributed by atoms with E-state index in [1.54, 1.807) is 11.3 Å². The lowest BCUT2D eigenvalue weighted by molar-refractivity contribution is 0.423. The van der Waals surface area contributed by atoms with E-state index in [-0.39, 0.29) is 5.41 Å². The molecular weight excluding hydrogens is 320 g/mol. The van der Waals surface area contributed by atoms with Crippen LogP contribution in [0.15, 0.2) is 46.3 Å². The molecule has 1 saturated carbocycles. The van der Waals surface area contributed by atoms with Crippen LogP contribution in [0.4, 0.5) is 0 Å². The summed E-state index contributed by atoms with van der Waals surface area (Å²) in [6, 6.07) is 15.3. The summed E-state index contributed by atoms with van der Waals surface area (Å²) in [5.41, 5.74) is 4.69. The van der Waals surface area contributed by atoms with Crippen LogP contribution >= 0.6 is 27.3 Å². The van der Waals surface area contributed by atoms with Gasteiger partial charge in [-0.2, -0.15) is 0 Å². The minimum absolute atomic E-state index is 0.229. The quantitative estimate of drug-likeness (QED) is 0.646. The Morgan fingerprint density at radius 1 is 1.21 bits per heavy atom. The lowest BCUT2D eigenvalue weighted by Crippen LogP contribution is -2.45. The van der Waals surface area contributed by atoms with Crippen molar-refractivity contribution in [1.82, 2.24) is 5.43 Å². The molecule has 2 aromatic rings. The first kappa shape index (κ1) is 13.3. The van der Waals surface area contributed by atoms with E-state index in [1.807, 2.05) is 0 Å². The van der Waals surface area contributed by atoms with Crippen molar-refractivity contribution >= 4 is 27.3 Å². The molecule has 2 nitrogen and oxygen atoms in total. The topological polar surface area (TPSA) is 38.0 Å². The van der Waals surface area contributed by atoms with E-state index in [1.165, 1.54) is 27.1 Å². The molecule has 1 aliphatic rings. The smallest absolute Gasteiger partial charge is 0.0701 e. The van der Waals surface area contributed by atoms with Crippen molar-refractivity contribution in [3.05, 3.63) is 56.7 Å². The first-order chi connectivity index (χ1) is 9.24. The Balaban J connectivity index is 1.82. The van der Waals surface area contributed by atoms with Gasteiger partial charge in [0.15, 0.2) is 0 Å². The number of hydrogen-bond donors (Lipinski definition) is 2. The molecular formula is C15H17BrN2S. The zero-order chi connectivity index (χ0) is 13.3. The molecule has 0 bridgehead atoms. The fourth-order valence-corrected chi connectivity index (χ4v) is 4.35. The lowest BCUT2D eigenvalue weighted by Gasteiger charge is -2.26. The van der Waals surface area contributed by atoms with Crippen LogP contribution in [0.3, 0.4) is 0 Å². The second kappa shape index (κ2) is 5.37. The predicted molar refractivity (Wildman–Crippen MR) is 84.2 cm³/mol. The summed E-state index contributed by atoms with van der Waals surface area (Å²) in [7, 11) is 0. The molecule has 4 heteroatoms. The summed E-state index contributed by atoms with van der Waals surface area (Å²) in [6.07, 6.45) is 3.43. The minimum Gasteiger partial charge on any atom is -0.271 e. The van der Waals surface area contributed by atoms with E-state index in [0.29, 0.717) is 6.04 Å². The Kier molecular flexibility index (Phi) is 3.76. The molecule has 0 saturated heterocycles. The fraction of sp³-hybridized carbons (Fsp3) is 0.333. The molecule has 3 N–H and O–H groups in total. The molecule has 1 aliphatic carbocycles. The van der Waals surface area contributed by atoms with Gasteiger partial charge in [0.25, 0.3) is 0 Å². The molecule has 0 aliphatic heterocycles. The van der Waals surface area contributed by atoms with E-state index in [9.17, 15) is 0 Å². The number of benzene rings is 1. The van der Waals surface area contributed by atoms with E-state index < -0.39 is 0 Å². The summed E-state index contributed by atoms with van der Waals surface area (Å²) in [5.74, 6) is 5.83. The monoisotopic (exact) mass is 336 g/mol. The van der Waals surface area contributed by atoms with Crippen LogP contribution < -0.4 is 11.3 Å². The highest BCUT2D eigenvalue weighted by atomic mass is 79.9. The van der Waals surface area contributed by atoms with E-state index in [0.717, 1.165) is 6.42 Å². The molecule has 0 spiro atoms. The highest BCUT2D eigenvalue weighted by molar-refractivity contribution is 9.11. The molecule has 19 heavy (non-hydrogen) atoms. The van der Waals surface area contributed by atoms with Crippen LogP contribution in [0.25, 0.3) is 0 Å². The van der Waals surface area contributed by atoms with Gasteiger partial charge in [-0.1, -0.05) is 30.3 Å². The molecule has 0 radical (unpaired) electrons. The molecule has 1 aromatic heterocycles. The zero-order valence-corrected chi connectivity index (χ0v) is 13.0. The zero-order valence-electron chi connectivity index (χ0n) is 10.6. The number of halogens is 1. The van der Waals surface area contributed by atoms with Gasteiger partial charge in [0.1, 0.15) is 0 Å². The van der Waals surface area contributed by atoms with E-state index >= 15 is 0 Å². The number of thiophene rings is 1. The second-order valence-corrected chi connectivity index (χ2v) is 7.70. The molecule has 1 atom stereocenters. The fourth-order valence-electron chi connectivity index (χ4n) is 2.82. The van der Waals surface area contributed by atoms with Gasteiger partial charge in [0, 0.05) is 16.3 Å². The Morgan fingerprint density at radius 3 is 2.47 bits per heavy atom. The minimum atomic E-state index is 0.229. The summed E-state index contributed by atoms with van der Waals surface area (Å²) < 4.78 is 1.18. The Morgan fingerprint density at radius 2 is 1.95 bits per heavy atom. The lowest BCUT2D eigenvalue weighted by atomic mass is 9.86. The van der Waals surface area contributed by atoms with Gasteiger partial charge < -0.3 is 0 Å². The predicted octanol–water partition coefficient (Wildman–Crippen LogP) is 3.62. The third kappa shape index (κ3) is 2.63. The van der Waals surface area contributed by atoms with Crippen LogP contribution in [0.5, 0.6) is 0 Å². The summed E-state index contributed by atoms with van der Waals surface area (Å²) in [6.45, 7) is 0. The third-order valence-corrected chi connectivity index (χ3v) is 5.69. The number of rotatable bonds is 5. The van der Waals surface area contributed by atoms with Gasteiger partial charge in [0.2, 0.25) is 0 Å². The normalized spacial score (nSPS) is 18.2. The Hall–Kier alpha value is -0.680. The molecule has 1 aromatic carbocycles. The molecule has 0 amide bonds. The van der Waals surface area contributed by atoms with Crippen molar-refractivity contribution in [2.45, 2.75) is 30.7 Å².